The minimum Gasteiger partial charge on any atom is -0.289 e. The minimum absolute atomic E-state index is 0.0172. The molecule has 3 heteroatoms. The number of carbonyl (C=O) groups is 1. The van der Waals surface area contributed by atoms with E-state index in [-0.39, 0.29) is 11.4 Å². The number of carbonyl (C=O) groups excluding carboxylic acids is 1. The van der Waals surface area contributed by atoms with Crippen LogP contribution in [-0.4, -0.2) is 5.78 Å². The number of hydrogen-bond donors (Lipinski definition) is 0. The highest BCUT2D eigenvalue weighted by Gasteiger charge is 2.31. The van der Waals surface area contributed by atoms with Crippen molar-refractivity contribution < 1.29 is 4.79 Å². The van der Waals surface area contributed by atoms with Gasteiger partial charge in [0.2, 0.25) is 0 Å². The SMILES string of the molecule is C/C=C1\C(=O)c2ccccc2C1=C(C#N)C#N.C=CC. The number of nitriles is 2. The molecule has 0 saturated heterocycles. The lowest BCUT2D eigenvalue weighted by Crippen LogP contribution is -1.94. The van der Waals surface area contributed by atoms with Crippen molar-refractivity contribution in [2.24, 2.45) is 0 Å². The fourth-order valence-corrected chi connectivity index (χ4v) is 1.98. The Kier molecular flexibility index (Phi) is 5.21. The minimum atomic E-state index is -0.124. The molecule has 1 aliphatic rings. The van der Waals surface area contributed by atoms with Gasteiger partial charge >= 0.3 is 0 Å². The van der Waals surface area contributed by atoms with Crippen LogP contribution in [0.2, 0.25) is 0 Å². The summed E-state index contributed by atoms with van der Waals surface area (Å²) in [7, 11) is 0. The molecule has 1 aromatic carbocycles. The third-order valence-electron chi connectivity index (χ3n) is 2.72. The van der Waals surface area contributed by atoms with E-state index >= 15 is 0 Å². The molecule has 2 rings (SSSR count). The van der Waals surface area contributed by atoms with Crippen LogP contribution in [0.4, 0.5) is 0 Å². The third-order valence-corrected chi connectivity index (χ3v) is 2.72. The number of hydrogen-bond acceptors (Lipinski definition) is 3. The molecule has 0 aliphatic heterocycles. The first-order chi connectivity index (χ1) is 9.65. The molecule has 0 aromatic heterocycles. The molecule has 0 heterocycles. The maximum Gasteiger partial charge on any atom is 0.194 e. The summed E-state index contributed by atoms with van der Waals surface area (Å²) in [6, 6.07) is 10.7. The molecule has 98 valence electrons. The molecule has 0 atom stereocenters. The predicted molar refractivity (Wildman–Crippen MR) is 78.5 cm³/mol. The lowest BCUT2D eigenvalue weighted by molar-refractivity contribution is 0.104. The average molecular weight is 262 g/mol. The Morgan fingerprint density at radius 1 is 1.15 bits per heavy atom. The summed E-state index contributed by atoms with van der Waals surface area (Å²) < 4.78 is 0. The fourth-order valence-electron chi connectivity index (χ4n) is 1.98. The van der Waals surface area contributed by atoms with Crippen molar-refractivity contribution in [3.05, 3.63) is 65.3 Å². The van der Waals surface area contributed by atoms with Gasteiger partial charge in [-0.2, -0.15) is 10.5 Å². The monoisotopic (exact) mass is 262 g/mol. The molecule has 0 fully saturated rings. The number of benzene rings is 1. The molecule has 0 spiro atoms. The number of Topliss-reactive ketones (excluding diaryl/α,β-unsaturated/α-hetero) is 1. The van der Waals surface area contributed by atoms with Crippen molar-refractivity contribution in [1.29, 1.82) is 10.5 Å². The summed E-state index contributed by atoms with van der Waals surface area (Å²) in [5.74, 6) is -0.124. The van der Waals surface area contributed by atoms with Gasteiger partial charge in [-0.05, 0) is 19.4 Å². The average Bonchev–Trinajstić information content (AvgIpc) is 2.75. The second-order valence-corrected chi connectivity index (χ2v) is 3.96. The first-order valence-corrected chi connectivity index (χ1v) is 6.08. The third kappa shape index (κ3) is 2.58. The molecule has 1 aliphatic carbocycles. The largest absolute Gasteiger partial charge is 0.289 e. The fraction of sp³-hybridized carbons (Fsp3) is 0.118. The summed E-state index contributed by atoms with van der Waals surface area (Å²) in [6.45, 7) is 6.98. The van der Waals surface area contributed by atoms with Gasteiger partial charge in [0.05, 0.1) is 0 Å². The Morgan fingerprint density at radius 2 is 1.65 bits per heavy atom. The smallest absolute Gasteiger partial charge is 0.194 e. The van der Waals surface area contributed by atoms with Gasteiger partial charge in [0.1, 0.15) is 17.7 Å². The van der Waals surface area contributed by atoms with Crippen LogP contribution in [0, 0.1) is 22.7 Å². The van der Waals surface area contributed by atoms with E-state index in [0.29, 0.717) is 22.3 Å². The molecular weight excluding hydrogens is 248 g/mol. The van der Waals surface area contributed by atoms with Gasteiger partial charge in [-0.15, -0.1) is 6.58 Å². The van der Waals surface area contributed by atoms with Crippen LogP contribution < -0.4 is 0 Å². The zero-order valence-electron chi connectivity index (χ0n) is 11.5. The van der Waals surface area contributed by atoms with Crippen LogP contribution in [-0.2, 0) is 0 Å². The van der Waals surface area contributed by atoms with Gasteiger partial charge in [-0.25, -0.2) is 0 Å². The Bertz CT molecular complexity index is 678. The van der Waals surface area contributed by atoms with E-state index in [0.717, 1.165) is 0 Å². The van der Waals surface area contributed by atoms with Gasteiger partial charge in [0, 0.05) is 16.7 Å². The maximum atomic E-state index is 12.1. The second kappa shape index (κ2) is 6.87. The summed E-state index contributed by atoms with van der Waals surface area (Å²) >= 11 is 0. The van der Waals surface area contributed by atoms with Gasteiger partial charge < -0.3 is 0 Å². The molecule has 1 aromatic rings. The summed E-state index contributed by atoms with van der Waals surface area (Å²) in [6.07, 6.45) is 3.40. The quantitative estimate of drug-likeness (QED) is 0.405. The van der Waals surface area contributed by atoms with Crippen molar-refractivity contribution in [2.75, 3.05) is 0 Å². The van der Waals surface area contributed by atoms with E-state index in [2.05, 4.69) is 6.58 Å². The molecule has 20 heavy (non-hydrogen) atoms. The van der Waals surface area contributed by atoms with E-state index in [4.69, 9.17) is 10.5 Å². The van der Waals surface area contributed by atoms with E-state index < -0.39 is 0 Å². The molecule has 0 saturated carbocycles. The van der Waals surface area contributed by atoms with Crippen molar-refractivity contribution in [1.82, 2.24) is 0 Å². The van der Waals surface area contributed by atoms with E-state index in [1.807, 2.05) is 19.1 Å². The lowest BCUT2D eigenvalue weighted by Gasteiger charge is -1.99. The molecular formula is C17H14N2O. The number of ketones is 1. The summed E-state index contributed by atoms with van der Waals surface area (Å²) in [5, 5.41) is 17.9. The highest BCUT2D eigenvalue weighted by Crippen LogP contribution is 2.38. The Morgan fingerprint density at radius 3 is 2.10 bits per heavy atom. The van der Waals surface area contributed by atoms with Gasteiger partial charge in [-0.1, -0.05) is 36.4 Å². The topological polar surface area (TPSA) is 64.7 Å². The zero-order valence-corrected chi connectivity index (χ0v) is 11.5. The predicted octanol–water partition coefficient (Wildman–Crippen LogP) is 3.82. The van der Waals surface area contributed by atoms with Crippen LogP contribution in [0.15, 0.2) is 54.1 Å². The van der Waals surface area contributed by atoms with E-state index in [1.54, 1.807) is 43.3 Å². The first-order valence-electron chi connectivity index (χ1n) is 6.08. The maximum absolute atomic E-state index is 12.1. The first kappa shape index (κ1) is 15.1. The van der Waals surface area contributed by atoms with Crippen molar-refractivity contribution in [3.63, 3.8) is 0 Å². The van der Waals surface area contributed by atoms with Crippen molar-refractivity contribution >= 4 is 11.4 Å². The summed E-state index contributed by atoms with van der Waals surface area (Å²) in [4.78, 5) is 12.1. The van der Waals surface area contributed by atoms with Gasteiger partial charge in [0.25, 0.3) is 0 Å². The van der Waals surface area contributed by atoms with Crippen LogP contribution in [0.1, 0.15) is 29.8 Å². The number of allylic oxidation sites excluding steroid dienone is 5. The molecule has 0 amide bonds. The van der Waals surface area contributed by atoms with Crippen LogP contribution in [0.25, 0.3) is 5.57 Å². The molecule has 3 nitrogen and oxygen atoms in total. The molecule has 0 bridgehead atoms. The number of rotatable bonds is 0. The Labute approximate surface area is 118 Å². The molecule has 0 unspecified atom stereocenters. The number of nitrogens with zero attached hydrogens (tertiary/aromatic N) is 2. The highest BCUT2D eigenvalue weighted by atomic mass is 16.1. The van der Waals surface area contributed by atoms with Crippen LogP contribution in [0.5, 0.6) is 0 Å². The van der Waals surface area contributed by atoms with Crippen LogP contribution in [0.3, 0.4) is 0 Å². The van der Waals surface area contributed by atoms with Crippen molar-refractivity contribution in [2.45, 2.75) is 13.8 Å². The standard InChI is InChI=1S/C14H8N2O.C3H6/c1-2-10-13(9(7-15)8-16)11-5-3-4-6-12(11)14(10)17;1-3-2/h2-6H,1H3;3H,1H2,2H3/b10-2-;. The van der Waals surface area contributed by atoms with Crippen LogP contribution >= 0.6 is 0 Å². The normalized spacial score (nSPS) is 13.7. The summed E-state index contributed by atoms with van der Waals surface area (Å²) in [5.41, 5.74) is 2.10. The number of fused-ring (bicyclic) bond motifs is 1. The Hall–Kier alpha value is -2.91. The Balaban J connectivity index is 0.000000612. The molecule has 0 radical (unpaired) electrons. The highest BCUT2D eigenvalue weighted by molar-refractivity contribution is 6.27. The zero-order chi connectivity index (χ0) is 15.1. The van der Waals surface area contributed by atoms with Gasteiger partial charge in [-0.3, -0.25) is 4.79 Å². The molecule has 0 N–H and O–H groups in total. The second-order valence-electron chi connectivity index (χ2n) is 3.96. The van der Waals surface area contributed by atoms with E-state index in [1.165, 1.54) is 0 Å². The van der Waals surface area contributed by atoms with Crippen molar-refractivity contribution in [3.8, 4) is 12.1 Å². The van der Waals surface area contributed by atoms with E-state index in [9.17, 15) is 4.79 Å². The van der Waals surface area contributed by atoms with Gasteiger partial charge in [0.15, 0.2) is 5.78 Å². The lowest BCUT2D eigenvalue weighted by atomic mass is 10.00.